The summed E-state index contributed by atoms with van der Waals surface area (Å²) in [6, 6.07) is 3.28. The van der Waals surface area contributed by atoms with Gasteiger partial charge in [0, 0.05) is 31.5 Å². The van der Waals surface area contributed by atoms with Gasteiger partial charge in [-0.3, -0.25) is 9.59 Å². The van der Waals surface area contributed by atoms with E-state index in [1.807, 2.05) is 5.92 Å². The maximum absolute atomic E-state index is 13.2. The molecular weight excluding hydrogens is 361 g/mol. The van der Waals surface area contributed by atoms with E-state index in [9.17, 15) is 22.8 Å². The monoisotopic (exact) mass is 384 g/mol. The van der Waals surface area contributed by atoms with Gasteiger partial charge in [-0.05, 0) is 44.9 Å². The number of terminal acetylenes is 1. The number of rotatable bonds is 8. The zero-order valence-electron chi connectivity index (χ0n) is 15.5. The first-order valence-electron chi connectivity index (χ1n) is 8.29. The maximum atomic E-state index is 13.2. The Bertz CT molecular complexity index is 724. The fraction of sp³-hybridized carbons (Fsp3) is 0.474. The number of aliphatic hydroxyl groups excluding tert-OH is 1. The number of aliphatic hydroxyl groups is 1. The van der Waals surface area contributed by atoms with E-state index >= 15 is 0 Å². The van der Waals surface area contributed by atoms with Gasteiger partial charge in [-0.1, -0.05) is 5.92 Å². The number of benzene rings is 1. The van der Waals surface area contributed by atoms with Crippen molar-refractivity contribution in [1.29, 1.82) is 0 Å². The van der Waals surface area contributed by atoms with Crippen molar-refractivity contribution in [3.8, 4) is 12.3 Å². The average molecular weight is 384 g/mol. The van der Waals surface area contributed by atoms with Gasteiger partial charge in [0.15, 0.2) is 0 Å². The number of amides is 2. The molecule has 1 aromatic carbocycles. The highest BCUT2D eigenvalue weighted by Gasteiger charge is 2.38. The van der Waals surface area contributed by atoms with Crippen LogP contribution in [0.25, 0.3) is 0 Å². The first-order valence-corrected chi connectivity index (χ1v) is 8.29. The van der Waals surface area contributed by atoms with E-state index in [2.05, 4.69) is 0 Å². The van der Waals surface area contributed by atoms with Crippen LogP contribution in [0.1, 0.15) is 37.8 Å². The number of anilines is 1. The van der Waals surface area contributed by atoms with E-state index < -0.39 is 23.2 Å². The Hall–Kier alpha value is -2.53. The molecule has 1 N–H and O–H groups in total. The third-order valence-electron chi connectivity index (χ3n) is 4.33. The van der Waals surface area contributed by atoms with E-state index in [0.717, 1.165) is 17.0 Å². The minimum absolute atomic E-state index is 0.0145. The van der Waals surface area contributed by atoms with Crippen LogP contribution in [-0.4, -0.2) is 48.1 Å². The summed E-state index contributed by atoms with van der Waals surface area (Å²) < 4.78 is 39.6. The summed E-state index contributed by atoms with van der Waals surface area (Å²) in [5.41, 5.74) is -2.59. The Kier molecular flexibility index (Phi) is 7.43. The number of carbonyl (C=O) groups excluding carboxylic acids is 2. The Morgan fingerprint density at radius 1 is 1.30 bits per heavy atom. The van der Waals surface area contributed by atoms with E-state index in [1.165, 1.54) is 31.9 Å². The summed E-state index contributed by atoms with van der Waals surface area (Å²) in [5.74, 6) is 1.43. The van der Waals surface area contributed by atoms with Crippen molar-refractivity contribution < 1.29 is 27.9 Å². The number of nitrogens with zero attached hydrogens (tertiary/aromatic N) is 2. The Morgan fingerprint density at radius 2 is 1.93 bits per heavy atom. The van der Waals surface area contributed by atoms with Crippen LogP contribution in [0.5, 0.6) is 0 Å². The van der Waals surface area contributed by atoms with Crippen molar-refractivity contribution in [2.45, 2.75) is 38.4 Å². The van der Waals surface area contributed by atoms with Gasteiger partial charge in [-0.15, -0.1) is 6.42 Å². The summed E-state index contributed by atoms with van der Waals surface area (Å²) in [6.07, 6.45) is 1.94. The highest BCUT2D eigenvalue weighted by atomic mass is 19.4. The molecule has 27 heavy (non-hydrogen) atoms. The van der Waals surface area contributed by atoms with Crippen molar-refractivity contribution >= 4 is 18.0 Å². The first-order chi connectivity index (χ1) is 12.5. The van der Waals surface area contributed by atoms with Crippen molar-refractivity contribution in [1.82, 2.24) is 4.90 Å². The molecule has 0 bridgehead atoms. The van der Waals surface area contributed by atoms with Crippen LogP contribution < -0.4 is 4.90 Å². The maximum Gasteiger partial charge on any atom is 0.417 e. The molecule has 8 heteroatoms. The lowest BCUT2D eigenvalue weighted by atomic mass is 9.99. The van der Waals surface area contributed by atoms with Crippen molar-refractivity contribution in [2.75, 3.05) is 25.1 Å². The van der Waals surface area contributed by atoms with Gasteiger partial charge in [0.1, 0.15) is 5.54 Å². The normalized spacial score (nSPS) is 11.6. The van der Waals surface area contributed by atoms with Gasteiger partial charge in [0.25, 0.3) is 5.91 Å². The Balaban J connectivity index is 3.17. The average Bonchev–Trinajstić information content (AvgIpc) is 2.62. The molecule has 0 aliphatic carbocycles. The molecule has 0 fully saturated rings. The summed E-state index contributed by atoms with van der Waals surface area (Å²) in [5, 5.41) is 8.85. The van der Waals surface area contributed by atoms with E-state index in [1.54, 1.807) is 0 Å². The largest absolute Gasteiger partial charge is 0.417 e. The molecule has 0 heterocycles. The first kappa shape index (κ1) is 22.5. The van der Waals surface area contributed by atoms with E-state index in [4.69, 9.17) is 11.5 Å². The zero-order valence-corrected chi connectivity index (χ0v) is 15.5. The molecule has 0 aromatic heterocycles. The molecule has 2 amide bonds. The Morgan fingerprint density at radius 3 is 2.41 bits per heavy atom. The van der Waals surface area contributed by atoms with Gasteiger partial charge < -0.3 is 14.9 Å². The minimum atomic E-state index is -4.66. The molecule has 0 saturated heterocycles. The number of hydrogen-bond acceptors (Lipinski definition) is 3. The van der Waals surface area contributed by atoms with Gasteiger partial charge in [-0.2, -0.15) is 13.2 Å². The standard InChI is InChI=1S/C19H23F3N2O3/c1-5-14-8-9-15(12-16(14)19(20,21)22)23(4)17(27)18(2,3)24(13-26)10-6-7-11-25/h1,8-9,12-13,25H,6-7,10-11H2,2-4H3. The second kappa shape index (κ2) is 8.91. The SMILES string of the molecule is C#Cc1ccc(N(C)C(=O)C(C)(C)N(C=O)CCCCO)cc1C(F)(F)F. The van der Waals surface area contributed by atoms with Crippen molar-refractivity contribution in [3.05, 3.63) is 29.3 Å². The molecule has 148 valence electrons. The lowest BCUT2D eigenvalue weighted by Crippen LogP contribution is -2.55. The van der Waals surface area contributed by atoms with Gasteiger partial charge >= 0.3 is 6.18 Å². The van der Waals surface area contributed by atoms with Crippen LogP contribution >= 0.6 is 0 Å². The molecule has 5 nitrogen and oxygen atoms in total. The lowest BCUT2D eigenvalue weighted by Gasteiger charge is -2.37. The fourth-order valence-corrected chi connectivity index (χ4v) is 2.61. The third-order valence-corrected chi connectivity index (χ3v) is 4.33. The number of alkyl halides is 3. The summed E-state index contributed by atoms with van der Waals surface area (Å²) in [4.78, 5) is 26.6. The molecule has 1 rings (SSSR count). The molecule has 0 radical (unpaired) electrons. The highest BCUT2D eigenvalue weighted by molar-refractivity contribution is 6.00. The molecule has 0 spiro atoms. The fourth-order valence-electron chi connectivity index (χ4n) is 2.61. The number of unbranched alkanes of at least 4 members (excludes halogenated alkanes) is 1. The van der Waals surface area contributed by atoms with Crippen LogP contribution in [0.3, 0.4) is 0 Å². The van der Waals surface area contributed by atoms with E-state index in [0.29, 0.717) is 19.3 Å². The van der Waals surface area contributed by atoms with Crippen LogP contribution in [0.15, 0.2) is 18.2 Å². The molecule has 0 aliphatic rings. The van der Waals surface area contributed by atoms with Crippen LogP contribution in [0.2, 0.25) is 0 Å². The van der Waals surface area contributed by atoms with Crippen molar-refractivity contribution in [2.24, 2.45) is 0 Å². The molecule has 0 atom stereocenters. The molecule has 0 unspecified atom stereocenters. The molecule has 1 aromatic rings. The number of hydrogen-bond donors (Lipinski definition) is 1. The van der Waals surface area contributed by atoms with Gasteiger partial charge in [0.05, 0.1) is 5.56 Å². The number of likely N-dealkylation sites (N-methyl/N-ethyl adjacent to an activating group) is 1. The summed E-state index contributed by atoms with van der Waals surface area (Å²) >= 11 is 0. The molecule has 0 aliphatic heterocycles. The topological polar surface area (TPSA) is 60.9 Å². The second-order valence-corrected chi connectivity index (χ2v) is 6.52. The third kappa shape index (κ3) is 5.23. The van der Waals surface area contributed by atoms with Gasteiger partial charge in [-0.25, -0.2) is 0 Å². The summed E-state index contributed by atoms with van der Waals surface area (Å²) in [6.45, 7) is 3.22. The lowest BCUT2D eigenvalue weighted by molar-refractivity contribution is -0.138. The highest BCUT2D eigenvalue weighted by Crippen LogP contribution is 2.34. The number of halogens is 3. The second-order valence-electron chi connectivity index (χ2n) is 6.52. The predicted molar refractivity (Wildman–Crippen MR) is 96.0 cm³/mol. The molecule has 0 saturated carbocycles. The van der Waals surface area contributed by atoms with Crippen LogP contribution in [0, 0.1) is 12.3 Å². The van der Waals surface area contributed by atoms with Crippen LogP contribution in [0.4, 0.5) is 18.9 Å². The quantitative estimate of drug-likeness (QED) is 0.426. The summed E-state index contributed by atoms with van der Waals surface area (Å²) in [7, 11) is 1.34. The molecular formula is C19H23F3N2O3. The van der Waals surface area contributed by atoms with E-state index in [-0.39, 0.29) is 24.4 Å². The predicted octanol–water partition coefficient (Wildman–Crippen LogP) is 2.66. The van der Waals surface area contributed by atoms with Gasteiger partial charge in [0.2, 0.25) is 6.41 Å². The Labute approximate surface area is 156 Å². The zero-order chi connectivity index (χ0) is 20.8. The van der Waals surface area contributed by atoms with Crippen LogP contribution in [-0.2, 0) is 15.8 Å². The van der Waals surface area contributed by atoms with Crippen molar-refractivity contribution in [3.63, 3.8) is 0 Å². The smallest absolute Gasteiger partial charge is 0.396 e. The minimum Gasteiger partial charge on any atom is -0.396 e. The number of carbonyl (C=O) groups is 2.